The number of allylic oxidation sites excluding steroid dienone is 1. The zero-order chi connectivity index (χ0) is 23.0. The zero-order valence-electron chi connectivity index (χ0n) is 19.7. The van der Waals surface area contributed by atoms with Crippen LogP contribution in [0.1, 0.15) is 30.9 Å². The van der Waals surface area contributed by atoms with E-state index < -0.39 is 0 Å². The van der Waals surface area contributed by atoms with Crippen LogP contribution in [0, 0.1) is 0 Å². The predicted molar refractivity (Wildman–Crippen MR) is 151 cm³/mol. The van der Waals surface area contributed by atoms with E-state index in [9.17, 15) is 0 Å². The molecule has 0 fully saturated rings. The van der Waals surface area contributed by atoms with E-state index in [1.165, 1.54) is 32.6 Å². The summed E-state index contributed by atoms with van der Waals surface area (Å²) in [6, 6.07) is 43.8. The minimum Gasteiger partial charge on any atom is -0.0955 e. The molecule has 32 heavy (non-hydrogen) atoms. The molecule has 1 atom stereocenters. The fourth-order valence-electron chi connectivity index (χ4n) is 3.23. The first-order valence-corrected chi connectivity index (χ1v) is 14.1. The highest BCUT2D eigenvalue weighted by atomic mass is 28.2. The molecule has 0 amide bonds. The van der Waals surface area contributed by atoms with Crippen molar-refractivity contribution in [2.24, 2.45) is 0 Å². The van der Waals surface area contributed by atoms with Gasteiger partial charge in [0.15, 0.2) is 0 Å². The summed E-state index contributed by atoms with van der Waals surface area (Å²) >= 11 is 0. The highest BCUT2D eigenvalue weighted by Crippen LogP contribution is 2.18. The van der Waals surface area contributed by atoms with Crippen LogP contribution in [-0.2, 0) is 0 Å². The lowest BCUT2D eigenvalue weighted by atomic mass is 10.0. The van der Waals surface area contributed by atoms with Gasteiger partial charge in [-0.3, -0.25) is 0 Å². The molecule has 0 nitrogen and oxygen atoms in total. The smallest absolute Gasteiger partial charge is 0.0553 e. The lowest BCUT2D eigenvalue weighted by Gasteiger charge is -2.11. The van der Waals surface area contributed by atoms with Crippen LogP contribution in [0.4, 0.5) is 0 Å². The van der Waals surface area contributed by atoms with Crippen molar-refractivity contribution < 1.29 is 0 Å². The van der Waals surface area contributed by atoms with Gasteiger partial charge >= 0.3 is 0 Å². The maximum atomic E-state index is 3.83. The Hall–Kier alpha value is -2.95. The van der Waals surface area contributed by atoms with E-state index in [1.807, 2.05) is 31.2 Å². The third-order valence-corrected chi connectivity index (χ3v) is 8.15. The summed E-state index contributed by atoms with van der Waals surface area (Å²) in [6.07, 6.45) is 0. The molecule has 4 rings (SSSR count). The molecule has 0 aliphatic rings. The van der Waals surface area contributed by atoms with Crippen molar-refractivity contribution in [3.8, 4) is 0 Å². The largest absolute Gasteiger partial charge is 0.0955 e. The van der Waals surface area contributed by atoms with Crippen molar-refractivity contribution in [2.45, 2.75) is 25.8 Å². The molecule has 0 heterocycles. The van der Waals surface area contributed by atoms with Crippen molar-refractivity contribution in [1.82, 2.24) is 0 Å². The molecule has 0 saturated carbocycles. The summed E-state index contributed by atoms with van der Waals surface area (Å²) in [5.41, 5.74) is 3.82. The Morgan fingerprint density at radius 3 is 1.56 bits per heavy atom. The second kappa shape index (κ2) is 15.0. The highest BCUT2D eigenvalue weighted by molar-refractivity contribution is 6.53. The van der Waals surface area contributed by atoms with Crippen LogP contribution in [0.3, 0.4) is 0 Å². The van der Waals surface area contributed by atoms with E-state index in [4.69, 9.17) is 0 Å². The average Bonchev–Trinajstić information content (AvgIpc) is 2.85. The lowest BCUT2D eigenvalue weighted by molar-refractivity contribution is 0.861. The third kappa shape index (κ3) is 10.4. The molecular formula is C30H36Si2. The first-order chi connectivity index (χ1) is 15.6. The van der Waals surface area contributed by atoms with E-state index in [0.717, 1.165) is 5.57 Å². The molecule has 2 heteroatoms. The van der Waals surface area contributed by atoms with Gasteiger partial charge in [0.2, 0.25) is 0 Å². The highest BCUT2D eigenvalue weighted by Gasteiger charge is 2.05. The topological polar surface area (TPSA) is 0 Å². The van der Waals surface area contributed by atoms with E-state index >= 15 is 0 Å². The van der Waals surface area contributed by atoms with E-state index in [1.54, 1.807) is 5.19 Å². The Morgan fingerprint density at radius 2 is 1.16 bits per heavy atom. The maximum absolute atomic E-state index is 3.83. The van der Waals surface area contributed by atoms with Gasteiger partial charge in [0.1, 0.15) is 0 Å². The van der Waals surface area contributed by atoms with Gasteiger partial charge in [0, 0.05) is 10.2 Å². The van der Waals surface area contributed by atoms with Crippen molar-refractivity contribution in [2.75, 3.05) is 0 Å². The number of rotatable bonds is 5. The molecule has 0 aliphatic heterocycles. The van der Waals surface area contributed by atoms with Crippen LogP contribution in [0.25, 0.3) is 5.57 Å². The molecule has 4 aromatic carbocycles. The molecule has 0 saturated heterocycles. The second-order valence-corrected chi connectivity index (χ2v) is 11.2. The number of hydrogen-bond acceptors (Lipinski definition) is 0. The second-order valence-electron chi connectivity index (χ2n) is 8.14. The maximum Gasteiger partial charge on any atom is 0.0553 e. The molecule has 0 bridgehead atoms. The van der Waals surface area contributed by atoms with Crippen molar-refractivity contribution in [1.29, 1.82) is 0 Å². The standard InChI is InChI=1S/C15H18Si.C9H10.C6H8Si/c1-13(14-8-4-2-5-9-14)12-16-15-10-6-3-7-11-15;1-8(2)9-6-4-3-5-7-9;7-6-4-2-1-3-5-6/h2-11,13H,12,16H2,1H3;3-7H,1H2,2H3;1-5H,7H3. The predicted octanol–water partition coefficient (Wildman–Crippen LogP) is 5.10. The molecule has 0 aliphatic carbocycles. The van der Waals surface area contributed by atoms with Crippen molar-refractivity contribution in [3.63, 3.8) is 0 Å². The molecule has 164 valence electrons. The summed E-state index contributed by atoms with van der Waals surface area (Å²) < 4.78 is 0. The molecule has 0 N–H and O–H groups in total. The normalized spacial score (nSPS) is 11.1. The van der Waals surface area contributed by atoms with Gasteiger partial charge in [-0.05, 0) is 24.0 Å². The fourth-order valence-corrected chi connectivity index (χ4v) is 5.32. The first kappa shape index (κ1) is 25.3. The summed E-state index contributed by atoms with van der Waals surface area (Å²) in [5.74, 6) is 0.702. The SMILES string of the molecule is C=C(C)c1ccccc1.CC(C[SiH2]c1ccccc1)c1ccccc1.[SiH3]c1ccccc1. The van der Waals surface area contributed by atoms with Gasteiger partial charge in [-0.15, -0.1) is 0 Å². The molecular weight excluding hydrogens is 417 g/mol. The molecule has 0 spiro atoms. The third-order valence-electron chi connectivity index (χ3n) is 5.28. The summed E-state index contributed by atoms with van der Waals surface area (Å²) in [7, 11) is 1.07. The van der Waals surface area contributed by atoms with Gasteiger partial charge in [-0.25, -0.2) is 0 Å². The Balaban J connectivity index is 0.000000191. The van der Waals surface area contributed by atoms with E-state index in [-0.39, 0.29) is 9.52 Å². The minimum atomic E-state index is -0.103. The van der Waals surface area contributed by atoms with Crippen LogP contribution in [0.15, 0.2) is 128 Å². The first-order valence-electron chi connectivity index (χ1n) is 11.4. The van der Waals surface area contributed by atoms with Crippen LogP contribution >= 0.6 is 0 Å². The van der Waals surface area contributed by atoms with E-state index in [2.05, 4.69) is 111 Å². The van der Waals surface area contributed by atoms with Crippen LogP contribution < -0.4 is 10.4 Å². The Bertz CT molecular complexity index is 998. The lowest BCUT2D eigenvalue weighted by Crippen LogP contribution is -2.14. The Morgan fingerprint density at radius 1 is 0.719 bits per heavy atom. The summed E-state index contributed by atoms with van der Waals surface area (Å²) in [6.45, 7) is 8.17. The summed E-state index contributed by atoms with van der Waals surface area (Å²) in [5, 5.41) is 3.03. The number of hydrogen-bond donors (Lipinski definition) is 0. The quantitative estimate of drug-likeness (QED) is 0.370. The van der Waals surface area contributed by atoms with Crippen LogP contribution in [0.2, 0.25) is 6.04 Å². The van der Waals surface area contributed by atoms with Gasteiger partial charge in [0.05, 0.1) is 9.52 Å². The van der Waals surface area contributed by atoms with Gasteiger partial charge in [-0.1, -0.05) is 157 Å². The molecule has 1 unspecified atom stereocenters. The Labute approximate surface area is 200 Å². The number of benzene rings is 4. The van der Waals surface area contributed by atoms with Crippen molar-refractivity contribution in [3.05, 3.63) is 139 Å². The van der Waals surface area contributed by atoms with Gasteiger partial charge in [-0.2, -0.15) is 0 Å². The molecule has 0 aromatic heterocycles. The zero-order valence-corrected chi connectivity index (χ0v) is 23.2. The average molecular weight is 453 g/mol. The molecule has 0 radical (unpaired) electrons. The summed E-state index contributed by atoms with van der Waals surface area (Å²) in [4.78, 5) is 0. The Kier molecular flexibility index (Phi) is 11.8. The fraction of sp³-hybridized carbons (Fsp3) is 0.133. The van der Waals surface area contributed by atoms with Crippen LogP contribution in [0.5, 0.6) is 0 Å². The van der Waals surface area contributed by atoms with Gasteiger partial charge < -0.3 is 0 Å². The van der Waals surface area contributed by atoms with E-state index in [0.29, 0.717) is 5.92 Å². The van der Waals surface area contributed by atoms with Crippen molar-refractivity contribution >= 4 is 35.7 Å². The monoisotopic (exact) mass is 452 g/mol. The minimum absolute atomic E-state index is 0.103. The van der Waals surface area contributed by atoms with Crippen LogP contribution in [-0.4, -0.2) is 19.8 Å². The van der Waals surface area contributed by atoms with Gasteiger partial charge in [0.25, 0.3) is 0 Å². The molecule has 4 aromatic rings.